The molecule has 1 aromatic carbocycles. The first-order chi connectivity index (χ1) is 9.23. The molecule has 0 atom stereocenters. The highest BCUT2D eigenvalue weighted by atomic mass is 32.1. The molecule has 2 aromatic rings. The van der Waals surface area contributed by atoms with E-state index in [-0.39, 0.29) is 0 Å². The van der Waals surface area contributed by atoms with Crippen LogP contribution in [0.15, 0.2) is 17.5 Å². The molecule has 0 unspecified atom stereocenters. The Labute approximate surface area is 114 Å². The Morgan fingerprint density at radius 2 is 1.74 bits per heavy atom. The lowest BCUT2D eigenvalue weighted by Crippen LogP contribution is -1.95. The van der Waals surface area contributed by atoms with E-state index in [2.05, 4.69) is 4.98 Å². The average molecular weight is 279 g/mol. The number of nitrogens with zero attached hydrogens (tertiary/aromatic N) is 1. The van der Waals surface area contributed by atoms with E-state index in [4.69, 9.17) is 14.2 Å². The maximum atomic E-state index is 10.7. The van der Waals surface area contributed by atoms with Crippen molar-refractivity contribution >= 4 is 17.6 Å². The van der Waals surface area contributed by atoms with E-state index in [0.717, 1.165) is 16.9 Å². The highest BCUT2D eigenvalue weighted by molar-refractivity contribution is 7.13. The van der Waals surface area contributed by atoms with E-state index in [1.807, 2.05) is 0 Å². The summed E-state index contributed by atoms with van der Waals surface area (Å²) < 4.78 is 15.8. The molecule has 5 nitrogen and oxygen atoms in total. The lowest BCUT2D eigenvalue weighted by Gasteiger charge is -2.13. The van der Waals surface area contributed by atoms with Gasteiger partial charge in [-0.15, -0.1) is 11.3 Å². The molecule has 0 saturated heterocycles. The van der Waals surface area contributed by atoms with Crippen molar-refractivity contribution in [1.29, 1.82) is 0 Å². The van der Waals surface area contributed by atoms with Crippen LogP contribution >= 0.6 is 11.3 Å². The van der Waals surface area contributed by atoms with Crippen LogP contribution in [0.2, 0.25) is 0 Å². The minimum absolute atomic E-state index is 0.411. The molecule has 1 heterocycles. The number of hydrogen-bond acceptors (Lipinski definition) is 6. The van der Waals surface area contributed by atoms with Crippen LogP contribution in [-0.2, 0) is 0 Å². The predicted molar refractivity (Wildman–Crippen MR) is 72.6 cm³/mol. The number of ether oxygens (including phenoxy) is 3. The Kier molecular flexibility index (Phi) is 4.01. The Hall–Kier alpha value is -2.08. The molecule has 0 fully saturated rings. The van der Waals surface area contributed by atoms with Gasteiger partial charge in [0.05, 0.1) is 21.3 Å². The van der Waals surface area contributed by atoms with Gasteiger partial charge in [0.25, 0.3) is 0 Å². The van der Waals surface area contributed by atoms with Gasteiger partial charge in [-0.1, -0.05) is 0 Å². The van der Waals surface area contributed by atoms with Crippen LogP contribution in [0.3, 0.4) is 0 Å². The van der Waals surface area contributed by atoms with Crippen LogP contribution in [0.4, 0.5) is 0 Å². The van der Waals surface area contributed by atoms with Gasteiger partial charge in [-0.25, -0.2) is 4.98 Å². The first-order valence-corrected chi connectivity index (χ1v) is 6.32. The zero-order valence-electron chi connectivity index (χ0n) is 10.8. The van der Waals surface area contributed by atoms with Crippen LogP contribution in [0.5, 0.6) is 17.2 Å². The molecule has 0 aliphatic carbocycles. The van der Waals surface area contributed by atoms with Crippen molar-refractivity contribution in [2.75, 3.05) is 21.3 Å². The normalized spacial score (nSPS) is 10.1. The number of benzene rings is 1. The van der Waals surface area contributed by atoms with E-state index in [1.54, 1.807) is 38.8 Å². The molecular formula is C13H13NO4S. The zero-order chi connectivity index (χ0) is 13.8. The van der Waals surface area contributed by atoms with Crippen LogP contribution < -0.4 is 14.2 Å². The maximum Gasteiger partial charge on any atom is 0.203 e. The summed E-state index contributed by atoms with van der Waals surface area (Å²) in [5.41, 5.74) is 1.22. The Bertz CT molecular complexity index is 569. The molecule has 2 rings (SSSR count). The Morgan fingerprint density at radius 3 is 2.16 bits per heavy atom. The molecule has 0 saturated carbocycles. The van der Waals surface area contributed by atoms with E-state index in [9.17, 15) is 4.79 Å². The van der Waals surface area contributed by atoms with Crippen molar-refractivity contribution in [1.82, 2.24) is 4.98 Å². The van der Waals surface area contributed by atoms with Gasteiger partial charge in [-0.3, -0.25) is 4.79 Å². The summed E-state index contributed by atoms with van der Waals surface area (Å²) in [6.07, 6.45) is 0.720. The van der Waals surface area contributed by atoms with Gasteiger partial charge < -0.3 is 14.2 Å². The van der Waals surface area contributed by atoms with E-state index in [0.29, 0.717) is 22.9 Å². The van der Waals surface area contributed by atoms with Crippen LogP contribution in [-0.4, -0.2) is 32.6 Å². The number of aldehydes is 1. The fourth-order valence-corrected chi connectivity index (χ4v) is 2.43. The second-order valence-electron chi connectivity index (χ2n) is 3.61. The third-order valence-corrected chi connectivity index (χ3v) is 3.46. The lowest BCUT2D eigenvalue weighted by molar-refractivity contribution is 0.111. The van der Waals surface area contributed by atoms with E-state index in [1.165, 1.54) is 11.3 Å². The third-order valence-electron chi connectivity index (χ3n) is 2.55. The van der Waals surface area contributed by atoms with Gasteiger partial charge in [0.15, 0.2) is 17.8 Å². The third kappa shape index (κ3) is 2.53. The first-order valence-electron chi connectivity index (χ1n) is 5.44. The summed E-state index contributed by atoms with van der Waals surface area (Å²) in [5, 5.41) is 2.42. The van der Waals surface area contributed by atoms with Crippen molar-refractivity contribution in [3.8, 4) is 27.8 Å². The smallest absolute Gasteiger partial charge is 0.203 e. The van der Waals surface area contributed by atoms with Gasteiger partial charge in [0.2, 0.25) is 5.75 Å². The van der Waals surface area contributed by atoms with Crippen molar-refractivity contribution in [2.45, 2.75) is 0 Å². The van der Waals surface area contributed by atoms with Gasteiger partial charge in [0, 0.05) is 10.9 Å². The van der Waals surface area contributed by atoms with Gasteiger partial charge in [0.1, 0.15) is 10.7 Å². The standard InChI is InChI=1S/C13H13NO4S/c1-16-10-4-8(5-11(17-2)12(10)18-3)13-14-9(6-15)7-19-13/h4-7H,1-3H3. The molecule has 0 aliphatic rings. The SMILES string of the molecule is COc1cc(-c2nc(C=O)cs2)cc(OC)c1OC. The minimum Gasteiger partial charge on any atom is -0.493 e. The Morgan fingerprint density at radius 1 is 1.11 bits per heavy atom. The molecular weight excluding hydrogens is 266 g/mol. The number of carbonyl (C=O) groups excluding carboxylic acids is 1. The molecule has 0 radical (unpaired) electrons. The number of rotatable bonds is 5. The topological polar surface area (TPSA) is 57.7 Å². The highest BCUT2D eigenvalue weighted by Crippen LogP contribution is 2.41. The summed E-state index contributed by atoms with van der Waals surface area (Å²) in [4.78, 5) is 14.9. The van der Waals surface area contributed by atoms with E-state index >= 15 is 0 Å². The van der Waals surface area contributed by atoms with Gasteiger partial charge in [-0.2, -0.15) is 0 Å². The largest absolute Gasteiger partial charge is 0.493 e. The fraction of sp³-hybridized carbons (Fsp3) is 0.231. The van der Waals surface area contributed by atoms with Crippen molar-refractivity contribution in [3.05, 3.63) is 23.2 Å². The number of hydrogen-bond donors (Lipinski definition) is 0. The fourth-order valence-electron chi connectivity index (χ4n) is 1.68. The lowest BCUT2D eigenvalue weighted by atomic mass is 10.2. The summed E-state index contributed by atoms with van der Waals surface area (Å²) in [6, 6.07) is 3.60. The summed E-state index contributed by atoms with van der Waals surface area (Å²) in [6.45, 7) is 0. The van der Waals surface area contributed by atoms with Crippen molar-refractivity contribution in [3.63, 3.8) is 0 Å². The van der Waals surface area contributed by atoms with Crippen LogP contribution in [0.1, 0.15) is 10.5 Å². The van der Waals surface area contributed by atoms with Crippen molar-refractivity contribution < 1.29 is 19.0 Å². The highest BCUT2D eigenvalue weighted by Gasteiger charge is 2.15. The van der Waals surface area contributed by atoms with Gasteiger partial charge >= 0.3 is 0 Å². The number of carbonyl (C=O) groups is 1. The molecule has 0 amide bonds. The monoisotopic (exact) mass is 279 g/mol. The molecule has 1 aromatic heterocycles. The summed E-state index contributed by atoms with van der Waals surface area (Å²) in [7, 11) is 4.66. The molecule has 0 spiro atoms. The minimum atomic E-state index is 0.411. The second-order valence-corrected chi connectivity index (χ2v) is 4.47. The molecule has 0 bridgehead atoms. The quantitative estimate of drug-likeness (QED) is 0.787. The predicted octanol–water partition coefficient (Wildman–Crippen LogP) is 2.65. The van der Waals surface area contributed by atoms with Crippen molar-refractivity contribution in [2.24, 2.45) is 0 Å². The second kappa shape index (κ2) is 5.71. The molecule has 6 heteroatoms. The zero-order valence-corrected chi connectivity index (χ0v) is 11.6. The molecule has 0 aliphatic heterocycles. The molecule has 0 N–H and O–H groups in total. The number of methoxy groups -OCH3 is 3. The number of thiazole rings is 1. The molecule has 100 valence electrons. The Balaban J connectivity index is 2.54. The molecule has 19 heavy (non-hydrogen) atoms. The summed E-state index contributed by atoms with van der Waals surface area (Å²) >= 11 is 1.38. The van der Waals surface area contributed by atoms with Crippen LogP contribution in [0, 0.1) is 0 Å². The summed E-state index contributed by atoms with van der Waals surface area (Å²) in [5.74, 6) is 1.64. The van der Waals surface area contributed by atoms with E-state index < -0.39 is 0 Å². The van der Waals surface area contributed by atoms with Gasteiger partial charge in [-0.05, 0) is 12.1 Å². The maximum absolute atomic E-state index is 10.7. The van der Waals surface area contributed by atoms with Crippen LogP contribution in [0.25, 0.3) is 10.6 Å². The average Bonchev–Trinajstić information content (AvgIpc) is 2.94. The number of aromatic nitrogens is 1. The first kappa shape index (κ1) is 13.4.